The Bertz CT molecular complexity index is 1640. The van der Waals surface area contributed by atoms with Gasteiger partial charge in [0.25, 0.3) is 11.8 Å². The average molecular weight is 563 g/mol. The molecular weight excluding hydrogens is 547 g/mol. The molecule has 13 heteroatoms. The molecule has 5 rings (SSSR count). The average Bonchev–Trinajstić information content (AvgIpc) is 3.42. The van der Waals surface area contributed by atoms with Crippen LogP contribution in [-0.4, -0.2) is 21.6 Å². The highest BCUT2D eigenvalue weighted by Crippen LogP contribution is 2.42. The molecule has 0 saturated heterocycles. The second-order valence-electron chi connectivity index (χ2n) is 8.64. The van der Waals surface area contributed by atoms with E-state index >= 15 is 0 Å². The van der Waals surface area contributed by atoms with Crippen LogP contribution in [0.4, 0.5) is 27.6 Å². The van der Waals surface area contributed by atoms with Crippen LogP contribution in [0.15, 0.2) is 60.9 Å². The first-order valence-corrected chi connectivity index (χ1v) is 11.6. The van der Waals surface area contributed by atoms with Crippen molar-refractivity contribution in [2.24, 2.45) is 7.05 Å². The number of aryl methyl sites for hydroxylation is 1. The minimum atomic E-state index is -4.90. The Morgan fingerprint density at radius 3 is 2.54 bits per heavy atom. The van der Waals surface area contributed by atoms with E-state index in [1.54, 1.807) is 7.05 Å². The molecule has 1 unspecified atom stereocenters. The molecule has 200 valence electrons. The molecule has 2 N–H and O–H groups in total. The summed E-state index contributed by atoms with van der Waals surface area (Å²) >= 11 is 6.28. The van der Waals surface area contributed by atoms with Crippen LogP contribution in [0, 0.1) is 11.6 Å². The second-order valence-corrected chi connectivity index (χ2v) is 9.04. The molecule has 0 saturated carbocycles. The minimum absolute atomic E-state index is 0.0345. The summed E-state index contributed by atoms with van der Waals surface area (Å²) < 4.78 is 75.0. The zero-order valence-electron chi connectivity index (χ0n) is 19.7. The Hall–Kier alpha value is -4.45. The maximum Gasteiger partial charge on any atom is 0.416 e. The SMILES string of the molecule is Cn1cc(Oc2cc(NC(=O)c3cc(F)cc(C(F)(F)F)c3)c3c(c2)C(=O)NC3c2cc(F)ccc2Cl)cn1. The number of carbonyl (C=O) groups excluding carboxylic acids is 2. The number of anilines is 1. The van der Waals surface area contributed by atoms with Gasteiger partial charge in [0.1, 0.15) is 17.4 Å². The van der Waals surface area contributed by atoms with E-state index in [1.165, 1.54) is 35.3 Å². The van der Waals surface area contributed by atoms with Crippen LogP contribution in [0.3, 0.4) is 0 Å². The van der Waals surface area contributed by atoms with E-state index in [0.717, 1.165) is 12.1 Å². The lowest BCUT2D eigenvalue weighted by molar-refractivity contribution is -0.137. The maximum atomic E-state index is 14.1. The van der Waals surface area contributed by atoms with Crippen LogP contribution in [0.1, 0.15) is 43.4 Å². The molecule has 2 amide bonds. The number of halogens is 6. The van der Waals surface area contributed by atoms with E-state index in [9.17, 15) is 31.5 Å². The number of fused-ring (bicyclic) bond motifs is 1. The fourth-order valence-corrected chi connectivity index (χ4v) is 4.43. The van der Waals surface area contributed by atoms with E-state index in [2.05, 4.69) is 15.7 Å². The smallest absolute Gasteiger partial charge is 0.416 e. The van der Waals surface area contributed by atoms with Gasteiger partial charge in [0.15, 0.2) is 5.75 Å². The lowest BCUT2D eigenvalue weighted by Gasteiger charge is -2.19. The molecule has 2 heterocycles. The molecule has 0 spiro atoms. The van der Waals surface area contributed by atoms with E-state index in [0.29, 0.717) is 12.1 Å². The molecule has 7 nitrogen and oxygen atoms in total. The van der Waals surface area contributed by atoms with E-state index in [1.807, 2.05) is 0 Å². The summed E-state index contributed by atoms with van der Waals surface area (Å²) in [4.78, 5) is 26.0. The van der Waals surface area contributed by atoms with Gasteiger partial charge in [-0.2, -0.15) is 18.3 Å². The van der Waals surface area contributed by atoms with E-state index < -0.39 is 46.8 Å². The van der Waals surface area contributed by atoms with Crippen LogP contribution in [0.5, 0.6) is 11.5 Å². The van der Waals surface area contributed by atoms with Gasteiger partial charge >= 0.3 is 6.18 Å². The number of rotatable bonds is 5. The molecule has 4 aromatic rings. The van der Waals surface area contributed by atoms with Gasteiger partial charge in [-0.25, -0.2) is 8.78 Å². The molecule has 1 aliphatic rings. The number of carbonyl (C=O) groups is 2. The lowest BCUT2D eigenvalue weighted by atomic mass is 9.95. The fourth-order valence-electron chi connectivity index (χ4n) is 4.20. The third-order valence-corrected chi connectivity index (χ3v) is 6.23. The zero-order valence-corrected chi connectivity index (χ0v) is 20.5. The van der Waals surface area contributed by atoms with Crippen molar-refractivity contribution in [3.05, 3.63) is 105 Å². The predicted molar refractivity (Wildman–Crippen MR) is 130 cm³/mol. The molecular formula is C26H16ClF5N4O3. The summed E-state index contributed by atoms with van der Waals surface area (Å²) in [5.74, 6) is -3.24. The predicted octanol–water partition coefficient (Wildman–Crippen LogP) is 6.25. The lowest BCUT2D eigenvalue weighted by Crippen LogP contribution is -2.21. The number of nitrogens with zero attached hydrogens (tertiary/aromatic N) is 2. The standard InChI is InChI=1S/C26H16ClF5N4O3/c1-36-11-17(10-33-36)39-16-8-19-22(23(35-25(19)38)18-7-14(28)2-3-20(18)27)21(9-16)34-24(37)12-4-13(26(30,31)32)6-15(29)5-12/h2-11,23H,1H3,(H,34,37)(H,35,38). The first-order chi connectivity index (χ1) is 18.4. The summed E-state index contributed by atoms with van der Waals surface area (Å²) in [6.45, 7) is 0. The van der Waals surface area contributed by atoms with Crippen molar-refractivity contribution < 1.29 is 36.3 Å². The van der Waals surface area contributed by atoms with E-state index in [4.69, 9.17) is 16.3 Å². The van der Waals surface area contributed by atoms with Gasteiger partial charge in [-0.3, -0.25) is 14.3 Å². The molecule has 1 aromatic heterocycles. The molecule has 0 radical (unpaired) electrons. The molecule has 1 aliphatic heterocycles. The Balaban J connectivity index is 1.62. The third-order valence-electron chi connectivity index (χ3n) is 5.88. The minimum Gasteiger partial charge on any atom is -0.454 e. The van der Waals surface area contributed by atoms with Gasteiger partial charge < -0.3 is 15.4 Å². The summed E-state index contributed by atoms with van der Waals surface area (Å²) in [7, 11) is 1.65. The molecule has 3 aromatic carbocycles. The van der Waals surface area contributed by atoms with Crippen molar-refractivity contribution in [1.82, 2.24) is 15.1 Å². The Labute approximate surface area is 222 Å². The van der Waals surface area contributed by atoms with Gasteiger partial charge in [0.05, 0.1) is 35.2 Å². The quantitative estimate of drug-likeness (QED) is 0.282. The van der Waals surface area contributed by atoms with Crippen molar-refractivity contribution in [1.29, 1.82) is 0 Å². The van der Waals surface area contributed by atoms with Crippen molar-refractivity contribution in [2.75, 3.05) is 5.32 Å². The van der Waals surface area contributed by atoms with E-state index in [-0.39, 0.29) is 45.0 Å². The normalized spacial score (nSPS) is 14.6. The molecule has 0 fully saturated rings. The molecule has 0 bridgehead atoms. The van der Waals surface area contributed by atoms with Gasteiger partial charge in [-0.15, -0.1) is 0 Å². The number of hydrogen-bond donors (Lipinski definition) is 2. The number of hydrogen-bond acceptors (Lipinski definition) is 4. The molecule has 0 aliphatic carbocycles. The Morgan fingerprint density at radius 2 is 1.85 bits per heavy atom. The van der Waals surface area contributed by atoms with Crippen molar-refractivity contribution in [3.8, 4) is 11.5 Å². The maximum absolute atomic E-state index is 14.1. The van der Waals surface area contributed by atoms with Crippen LogP contribution in [-0.2, 0) is 13.2 Å². The Morgan fingerprint density at radius 1 is 1.08 bits per heavy atom. The Kier molecular flexibility index (Phi) is 6.51. The molecule has 1 atom stereocenters. The first-order valence-electron chi connectivity index (χ1n) is 11.2. The number of nitrogens with one attached hydrogen (secondary N) is 2. The number of benzene rings is 3. The summed E-state index contributed by atoms with van der Waals surface area (Å²) in [5.41, 5.74) is -1.66. The van der Waals surface area contributed by atoms with Crippen molar-refractivity contribution in [2.45, 2.75) is 12.2 Å². The van der Waals surface area contributed by atoms with Crippen LogP contribution in [0.25, 0.3) is 0 Å². The van der Waals surface area contributed by atoms with Crippen LogP contribution < -0.4 is 15.4 Å². The highest BCUT2D eigenvalue weighted by Gasteiger charge is 2.36. The number of ether oxygens (including phenoxy) is 1. The summed E-state index contributed by atoms with van der Waals surface area (Å²) in [6.07, 6.45) is -1.97. The molecule has 39 heavy (non-hydrogen) atoms. The van der Waals surface area contributed by atoms with Crippen LogP contribution in [0.2, 0.25) is 5.02 Å². The third kappa shape index (κ3) is 5.28. The zero-order chi connectivity index (χ0) is 28.1. The van der Waals surface area contributed by atoms with Gasteiger partial charge in [0.2, 0.25) is 0 Å². The monoisotopic (exact) mass is 562 g/mol. The van der Waals surface area contributed by atoms with Crippen molar-refractivity contribution >= 4 is 29.1 Å². The van der Waals surface area contributed by atoms with Gasteiger partial charge in [-0.05, 0) is 42.5 Å². The topological polar surface area (TPSA) is 85.2 Å². The van der Waals surface area contributed by atoms with Gasteiger partial charge in [-0.1, -0.05) is 11.6 Å². The highest BCUT2D eigenvalue weighted by atomic mass is 35.5. The number of aromatic nitrogens is 2. The summed E-state index contributed by atoms with van der Waals surface area (Å²) in [5, 5.41) is 9.21. The highest BCUT2D eigenvalue weighted by molar-refractivity contribution is 6.31. The second kappa shape index (κ2) is 9.70. The largest absolute Gasteiger partial charge is 0.454 e. The number of alkyl halides is 3. The number of amides is 2. The first kappa shape index (κ1) is 26.2. The van der Waals surface area contributed by atoms with Gasteiger partial charge in [0, 0.05) is 34.8 Å². The van der Waals surface area contributed by atoms with Crippen molar-refractivity contribution in [3.63, 3.8) is 0 Å². The summed E-state index contributed by atoms with van der Waals surface area (Å²) in [6, 6.07) is 6.61. The fraction of sp³-hybridized carbons (Fsp3) is 0.115. The van der Waals surface area contributed by atoms with Crippen LogP contribution >= 0.6 is 11.6 Å².